The van der Waals surface area contributed by atoms with Crippen LogP contribution in [0.2, 0.25) is 0 Å². The van der Waals surface area contributed by atoms with E-state index >= 15 is 0 Å². The van der Waals surface area contributed by atoms with E-state index in [-0.39, 0.29) is 0 Å². The van der Waals surface area contributed by atoms with Crippen LogP contribution in [0, 0.1) is 0 Å². The van der Waals surface area contributed by atoms with Gasteiger partial charge in [-0.15, -0.1) is 0 Å². The molecule has 0 amide bonds. The summed E-state index contributed by atoms with van der Waals surface area (Å²) in [4.78, 5) is 9.45. The molecule has 0 fully saturated rings. The molecule has 0 aliphatic carbocycles. The standard InChI is InChI=1S/C36H24N2/c1-2-9-25(10-3-1)31-18-17-29(24-34(31)27-12-8-13-28(23-27)35-15-6-7-21-37-35)36-33-19-16-26-11-4-5-14-30(26)32(33)20-22-38-36/h1-24H. The maximum Gasteiger partial charge on any atom is 0.0780 e. The number of rotatable bonds is 4. The van der Waals surface area contributed by atoms with Crippen molar-refractivity contribution in [3.05, 3.63) is 146 Å². The molecule has 0 aliphatic heterocycles. The highest BCUT2D eigenvalue weighted by atomic mass is 14.7. The summed E-state index contributed by atoms with van der Waals surface area (Å²) in [5.74, 6) is 0. The number of fused-ring (bicyclic) bond motifs is 3. The summed E-state index contributed by atoms with van der Waals surface area (Å²) in [7, 11) is 0. The molecule has 2 heterocycles. The molecule has 0 saturated carbocycles. The van der Waals surface area contributed by atoms with E-state index in [0.29, 0.717) is 0 Å². The summed E-state index contributed by atoms with van der Waals surface area (Å²) >= 11 is 0. The predicted octanol–water partition coefficient (Wildman–Crippen LogP) is 9.45. The number of pyridine rings is 2. The van der Waals surface area contributed by atoms with Gasteiger partial charge in [-0.25, -0.2) is 0 Å². The molecule has 2 heteroatoms. The maximum absolute atomic E-state index is 4.88. The summed E-state index contributed by atoms with van der Waals surface area (Å²) < 4.78 is 0. The van der Waals surface area contributed by atoms with Crippen LogP contribution >= 0.6 is 0 Å². The van der Waals surface area contributed by atoms with Crippen LogP contribution in [0.1, 0.15) is 0 Å². The Morgan fingerprint density at radius 2 is 1.18 bits per heavy atom. The molecule has 178 valence electrons. The highest BCUT2D eigenvalue weighted by Crippen LogP contribution is 2.39. The number of aromatic nitrogens is 2. The lowest BCUT2D eigenvalue weighted by molar-refractivity contribution is 1.33. The molecular weight excluding hydrogens is 460 g/mol. The number of benzene rings is 5. The highest BCUT2D eigenvalue weighted by molar-refractivity contribution is 6.11. The van der Waals surface area contributed by atoms with Gasteiger partial charge >= 0.3 is 0 Å². The minimum absolute atomic E-state index is 0.967. The smallest absolute Gasteiger partial charge is 0.0780 e. The van der Waals surface area contributed by atoms with E-state index in [1.807, 2.05) is 24.5 Å². The van der Waals surface area contributed by atoms with Crippen LogP contribution in [0.15, 0.2) is 146 Å². The number of nitrogens with zero attached hydrogens (tertiary/aromatic N) is 2. The maximum atomic E-state index is 4.88. The fourth-order valence-electron chi connectivity index (χ4n) is 5.35. The minimum Gasteiger partial charge on any atom is -0.256 e. The van der Waals surface area contributed by atoms with Crippen molar-refractivity contribution in [2.24, 2.45) is 0 Å². The summed E-state index contributed by atoms with van der Waals surface area (Å²) in [6.07, 6.45) is 3.77. The molecule has 0 atom stereocenters. The zero-order valence-corrected chi connectivity index (χ0v) is 20.8. The molecule has 0 spiro atoms. The van der Waals surface area contributed by atoms with Gasteiger partial charge in [0, 0.05) is 28.9 Å². The van der Waals surface area contributed by atoms with Gasteiger partial charge in [0.2, 0.25) is 0 Å². The molecule has 0 saturated heterocycles. The third-order valence-electron chi connectivity index (χ3n) is 7.18. The van der Waals surface area contributed by atoms with Crippen LogP contribution in [0.3, 0.4) is 0 Å². The molecule has 0 bridgehead atoms. The molecule has 7 rings (SSSR count). The van der Waals surface area contributed by atoms with E-state index in [1.165, 1.54) is 32.8 Å². The Hall–Kier alpha value is -5.08. The summed E-state index contributed by atoms with van der Waals surface area (Å²) in [6, 6.07) is 47.0. The molecule has 5 aromatic carbocycles. The number of hydrogen-bond acceptors (Lipinski definition) is 2. The molecule has 2 nitrogen and oxygen atoms in total. The summed E-state index contributed by atoms with van der Waals surface area (Å²) in [5, 5.41) is 4.87. The molecule has 0 aliphatic rings. The zero-order valence-electron chi connectivity index (χ0n) is 20.8. The van der Waals surface area contributed by atoms with Crippen molar-refractivity contribution in [1.82, 2.24) is 9.97 Å². The highest BCUT2D eigenvalue weighted by Gasteiger charge is 2.14. The van der Waals surface area contributed by atoms with Gasteiger partial charge in [-0.1, -0.05) is 103 Å². The first-order valence-electron chi connectivity index (χ1n) is 12.8. The normalized spacial score (nSPS) is 11.2. The van der Waals surface area contributed by atoms with E-state index in [2.05, 4.69) is 126 Å². The lowest BCUT2D eigenvalue weighted by atomic mass is 9.90. The Labute approximate surface area is 221 Å². The summed E-state index contributed by atoms with van der Waals surface area (Å²) in [6.45, 7) is 0. The van der Waals surface area contributed by atoms with E-state index in [4.69, 9.17) is 4.98 Å². The fourth-order valence-corrected chi connectivity index (χ4v) is 5.35. The van der Waals surface area contributed by atoms with E-state index < -0.39 is 0 Å². The SMILES string of the molecule is c1ccc(-c2ccc(-c3nccc4c3ccc3ccccc34)cc2-c2cccc(-c3ccccn3)c2)cc1. The van der Waals surface area contributed by atoms with Crippen LogP contribution < -0.4 is 0 Å². The quantitative estimate of drug-likeness (QED) is 0.233. The molecule has 38 heavy (non-hydrogen) atoms. The van der Waals surface area contributed by atoms with Gasteiger partial charge in [-0.05, 0) is 68.7 Å². The molecule has 0 N–H and O–H groups in total. The van der Waals surface area contributed by atoms with Crippen molar-refractivity contribution in [3.8, 4) is 44.8 Å². The van der Waals surface area contributed by atoms with Crippen molar-refractivity contribution in [2.45, 2.75) is 0 Å². The van der Waals surface area contributed by atoms with Crippen LogP contribution in [0.5, 0.6) is 0 Å². The predicted molar refractivity (Wildman–Crippen MR) is 159 cm³/mol. The van der Waals surface area contributed by atoms with Crippen LogP contribution in [0.25, 0.3) is 66.3 Å². The lowest BCUT2D eigenvalue weighted by Gasteiger charge is -2.15. The summed E-state index contributed by atoms with van der Waals surface area (Å²) in [5.41, 5.74) is 8.87. The topological polar surface area (TPSA) is 25.8 Å². The molecular formula is C36H24N2. The van der Waals surface area contributed by atoms with Gasteiger partial charge in [0.25, 0.3) is 0 Å². The molecule has 7 aromatic rings. The van der Waals surface area contributed by atoms with Crippen molar-refractivity contribution >= 4 is 21.5 Å². The Morgan fingerprint density at radius 1 is 0.368 bits per heavy atom. The first kappa shape index (κ1) is 22.1. The zero-order chi connectivity index (χ0) is 25.3. The number of hydrogen-bond donors (Lipinski definition) is 0. The average Bonchev–Trinajstić information content (AvgIpc) is 3.01. The van der Waals surface area contributed by atoms with Crippen LogP contribution in [-0.4, -0.2) is 9.97 Å². The van der Waals surface area contributed by atoms with Gasteiger partial charge < -0.3 is 0 Å². The van der Waals surface area contributed by atoms with Crippen LogP contribution in [0.4, 0.5) is 0 Å². The van der Waals surface area contributed by atoms with Gasteiger partial charge in [0.15, 0.2) is 0 Å². The Kier molecular flexibility index (Phi) is 5.49. The third kappa shape index (κ3) is 3.93. The first-order valence-corrected chi connectivity index (χ1v) is 12.8. The van der Waals surface area contributed by atoms with Gasteiger partial charge in [-0.3, -0.25) is 9.97 Å². The Balaban J connectivity index is 1.45. The van der Waals surface area contributed by atoms with Gasteiger partial charge in [0.1, 0.15) is 0 Å². The largest absolute Gasteiger partial charge is 0.256 e. The second-order valence-electron chi connectivity index (χ2n) is 9.46. The monoisotopic (exact) mass is 484 g/mol. The lowest BCUT2D eigenvalue weighted by Crippen LogP contribution is -1.91. The fraction of sp³-hybridized carbons (Fsp3) is 0. The Morgan fingerprint density at radius 3 is 2.08 bits per heavy atom. The van der Waals surface area contributed by atoms with Gasteiger partial charge in [0.05, 0.1) is 11.4 Å². The average molecular weight is 485 g/mol. The van der Waals surface area contributed by atoms with E-state index in [0.717, 1.165) is 33.5 Å². The van der Waals surface area contributed by atoms with Gasteiger partial charge in [-0.2, -0.15) is 0 Å². The molecule has 0 radical (unpaired) electrons. The Bertz CT molecular complexity index is 1910. The van der Waals surface area contributed by atoms with Crippen molar-refractivity contribution in [2.75, 3.05) is 0 Å². The van der Waals surface area contributed by atoms with Crippen LogP contribution in [-0.2, 0) is 0 Å². The van der Waals surface area contributed by atoms with Crippen molar-refractivity contribution in [1.29, 1.82) is 0 Å². The molecule has 2 aromatic heterocycles. The van der Waals surface area contributed by atoms with E-state index in [9.17, 15) is 0 Å². The van der Waals surface area contributed by atoms with Crippen molar-refractivity contribution < 1.29 is 0 Å². The minimum atomic E-state index is 0.967. The first-order chi connectivity index (χ1) is 18.8. The second kappa shape index (κ2) is 9.42. The third-order valence-corrected chi connectivity index (χ3v) is 7.18. The second-order valence-corrected chi connectivity index (χ2v) is 9.46. The van der Waals surface area contributed by atoms with Crippen molar-refractivity contribution in [3.63, 3.8) is 0 Å². The molecule has 0 unspecified atom stereocenters. The van der Waals surface area contributed by atoms with E-state index in [1.54, 1.807) is 0 Å².